The molecule has 17 heavy (non-hydrogen) atoms. The fourth-order valence-electron chi connectivity index (χ4n) is 2.89. The lowest BCUT2D eigenvalue weighted by atomic mass is 9.87. The van der Waals surface area contributed by atoms with Gasteiger partial charge in [-0.2, -0.15) is 0 Å². The number of fused-ring (bicyclic) bond motifs is 3. The highest BCUT2D eigenvalue weighted by atomic mass is 35.5. The van der Waals surface area contributed by atoms with Gasteiger partial charge in [-0.1, -0.05) is 12.1 Å². The van der Waals surface area contributed by atoms with Crippen LogP contribution in [0.3, 0.4) is 0 Å². The molecule has 2 aliphatic rings. The van der Waals surface area contributed by atoms with E-state index in [9.17, 15) is 0 Å². The Hall–Kier alpha value is -0.730. The topological polar surface area (TPSA) is 35.2 Å². The molecule has 1 aliphatic heterocycles. The van der Waals surface area contributed by atoms with Gasteiger partial charge in [-0.25, -0.2) is 0 Å². The molecule has 0 saturated heterocycles. The molecular weight excluding hydrogens is 234 g/mol. The van der Waals surface area contributed by atoms with Crippen LogP contribution in [0.5, 0.6) is 5.75 Å². The summed E-state index contributed by atoms with van der Waals surface area (Å²) < 4.78 is 6.05. The maximum absolute atomic E-state index is 6.05. The zero-order chi connectivity index (χ0) is 11.0. The van der Waals surface area contributed by atoms with Crippen molar-refractivity contribution >= 4 is 12.4 Å². The molecule has 94 valence electrons. The minimum Gasteiger partial charge on any atom is -0.489 e. The normalized spacial score (nSPS) is 21.8. The summed E-state index contributed by atoms with van der Waals surface area (Å²) in [5.41, 5.74) is 10.1. The van der Waals surface area contributed by atoms with Gasteiger partial charge in [0, 0.05) is 6.54 Å². The van der Waals surface area contributed by atoms with Crippen LogP contribution in [-0.2, 0) is 19.3 Å². The average molecular weight is 254 g/mol. The van der Waals surface area contributed by atoms with Crippen molar-refractivity contribution < 1.29 is 4.74 Å². The van der Waals surface area contributed by atoms with Crippen molar-refractivity contribution in [2.24, 2.45) is 5.73 Å². The van der Waals surface area contributed by atoms with Crippen LogP contribution in [0.2, 0.25) is 0 Å². The Bertz CT molecular complexity index is 405. The second-order valence-corrected chi connectivity index (χ2v) is 4.91. The number of aryl methyl sites for hydroxylation is 2. The van der Waals surface area contributed by atoms with E-state index < -0.39 is 0 Å². The van der Waals surface area contributed by atoms with Crippen LogP contribution in [-0.4, -0.2) is 12.6 Å². The lowest BCUT2D eigenvalue weighted by Crippen LogP contribution is -2.31. The van der Waals surface area contributed by atoms with Crippen molar-refractivity contribution in [2.75, 3.05) is 6.54 Å². The number of halogens is 1. The van der Waals surface area contributed by atoms with Gasteiger partial charge in [0.1, 0.15) is 11.9 Å². The number of rotatable bonds is 1. The van der Waals surface area contributed by atoms with E-state index in [1.807, 2.05) is 0 Å². The molecule has 3 rings (SSSR count). The molecule has 2 nitrogen and oxygen atoms in total. The van der Waals surface area contributed by atoms with Crippen LogP contribution >= 0.6 is 12.4 Å². The Balaban J connectivity index is 0.00000108. The third-order valence-corrected chi connectivity index (χ3v) is 3.85. The van der Waals surface area contributed by atoms with Crippen LogP contribution in [0.1, 0.15) is 36.0 Å². The summed E-state index contributed by atoms with van der Waals surface area (Å²) in [5.74, 6) is 1.18. The fraction of sp³-hybridized carbons (Fsp3) is 0.571. The van der Waals surface area contributed by atoms with E-state index in [1.54, 1.807) is 0 Å². The third-order valence-electron chi connectivity index (χ3n) is 3.85. The van der Waals surface area contributed by atoms with Crippen molar-refractivity contribution in [1.29, 1.82) is 0 Å². The maximum atomic E-state index is 6.05. The monoisotopic (exact) mass is 253 g/mol. The molecule has 2 N–H and O–H groups in total. The zero-order valence-electron chi connectivity index (χ0n) is 10.1. The highest BCUT2D eigenvalue weighted by Gasteiger charge is 2.24. The summed E-state index contributed by atoms with van der Waals surface area (Å²) in [6.45, 7) is 0.642. The molecule has 0 bridgehead atoms. The molecule has 1 aliphatic carbocycles. The van der Waals surface area contributed by atoms with Crippen LogP contribution < -0.4 is 10.5 Å². The molecule has 0 radical (unpaired) electrons. The molecule has 1 heterocycles. The first-order valence-corrected chi connectivity index (χ1v) is 6.39. The fourth-order valence-corrected chi connectivity index (χ4v) is 2.89. The Morgan fingerprint density at radius 1 is 1.12 bits per heavy atom. The number of benzene rings is 1. The third kappa shape index (κ3) is 2.29. The van der Waals surface area contributed by atoms with Crippen LogP contribution in [0.4, 0.5) is 0 Å². The second-order valence-electron chi connectivity index (χ2n) is 4.91. The quantitative estimate of drug-likeness (QED) is 0.835. The van der Waals surface area contributed by atoms with E-state index >= 15 is 0 Å². The predicted octanol–water partition coefficient (Wildman–Crippen LogP) is 2.64. The standard InChI is InChI=1S/C14H19NO.ClH/c15-9-12-8-7-11-6-5-10-3-1-2-4-13(10)14(11)16-12;/h5-6,12H,1-4,7-9,15H2;1H. The first-order valence-electron chi connectivity index (χ1n) is 6.39. The van der Waals surface area contributed by atoms with Gasteiger partial charge in [-0.15, -0.1) is 12.4 Å². The van der Waals surface area contributed by atoms with Gasteiger partial charge in [0.05, 0.1) is 0 Å². The van der Waals surface area contributed by atoms with Gasteiger partial charge in [0.25, 0.3) is 0 Å². The minimum atomic E-state index is 0. The first kappa shape index (κ1) is 12.7. The largest absolute Gasteiger partial charge is 0.489 e. The van der Waals surface area contributed by atoms with Crippen molar-refractivity contribution in [2.45, 2.75) is 44.6 Å². The van der Waals surface area contributed by atoms with Gasteiger partial charge >= 0.3 is 0 Å². The maximum Gasteiger partial charge on any atom is 0.126 e. The van der Waals surface area contributed by atoms with Crippen LogP contribution in [0.15, 0.2) is 12.1 Å². The second kappa shape index (κ2) is 5.28. The molecule has 3 heteroatoms. The summed E-state index contributed by atoms with van der Waals surface area (Å²) in [7, 11) is 0. The van der Waals surface area contributed by atoms with E-state index in [-0.39, 0.29) is 18.5 Å². The molecule has 0 saturated carbocycles. The Morgan fingerprint density at radius 2 is 1.88 bits per heavy atom. The van der Waals surface area contributed by atoms with Gasteiger partial charge in [-0.05, 0) is 55.2 Å². The summed E-state index contributed by atoms with van der Waals surface area (Å²) in [6.07, 6.45) is 7.48. The molecule has 1 aromatic rings. The number of nitrogens with two attached hydrogens (primary N) is 1. The van der Waals surface area contributed by atoms with E-state index in [0.717, 1.165) is 12.8 Å². The van der Waals surface area contributed by atoms with Gasteiger partial charge in [-0.3, -0.25) is 0 Å². The van der Waals surface area contributed by atoms with Crippen LogP contribution in [0.25, 0.3) is 0 Å². The van der Waals surface area contributed by atoms with E-state index in [0.29, 0.717) is 6.54 Å². The van der Waals surface area contributed by atoms with Crippen molar-refractivity contribution in [1.82, 2.24) is 0 Å². The van der Waals surface area contributed by atoms with Crippen LogP contribution in [0, 0.1) is 0 Å². The molecule has 0 spiro atoms. The van der Waals surface area contributed by atoms with Gasteiger partial charge in [0.2, 0.25) is 0 Å². The Kier molecular flexibility index (Phi) is 3.95. The van der Waals surface area contributed by atoms with E-state index in [2.05, 4.69) is 12.1 Å². The highest BCUT2D eigenvalue weighted by molar-refractivity contribution is 5.85. The molecule has 0 amide bonds. The Morgan fingerprint density at radius 3 is 2.71 bits per heavy atom. The Labute approximate surface area is 109 Å². The smallest absolute Gasteiger partial charge is 0.126 e. The van der Waals surface area contributed by atoms with Crippen molar-refractivity contribution in [3.8, 4) is 5.75 Å². The predicted molar refractivity (Wildman–Crippen MR) is 72.1 cm³/mol. The van der Waals surface area contributed by atoms with Crippen molar-refractivity contribution in [3.05, 3.63) is 28.8 Å². The summed E-state index contributed by atoms with van der Waals surface area (Å²) in [5, 5.41) is 0. The molecule has 0 fully saturated rings. The molecule has 0 aromatic heterocycles. The lowest BCUT2D eigenvalue weighted by Gasteiger charge is -2.29. The average Bonchev–Trinajstić information content (AvgIpc) is 2.38. The molecule has 1 atom stereocenters. The SMILES string of the molecule is Cl.NCC1CCc2ccc3c(c2O1)CCCC3. The van der Waals surface area contributed by atoms with E-state index in [4.69, 9.17) is 10.5 Å². The number of hydrogen-bond acceptors (Lipinski definition) is 2. The number of ether oxygens (including phenoxy) is 1. The lowest BCUT2D eigenvalue weighted by molar-refractivity contribution is 0.178. The number of hydrogen-bond donors (Lipinski definition) is 1. The zero-order valence-corrected chi connectivity index (χ0v) is 10.9. The van der Waals surface area contributed by atoms with Crippen molar-refractivity contribution in [3.63, 3.8) is 0 Å². The van der Waals surface area contributed by atoms with Gasteiger partial charge in [0.15, 0.2) is 0 Å². The van der Waals surface area contributed by atoms with E-state index in [1.165, 1.54) is 48.1 Å². The molecular formula is C14H20ClNO. The minimum absolute atomic E-state index is 0. The molecule has 1 aromatic carbocycles. The summed E-state index contributed by atoms with van der Waals surface area (Å²) in [6, 6.07) is 4.56. The van der Waals surface area contributed by atoms with Gasteiger partial charge < -0.3 is 10.5 Å². The highest BCUT2D eigenvalue weighted by Crippen LogP contribution is 2.36. The summed E-state index contributed by atoms with van der Waals surface area (Å²) >= 11 is 0. The first-order chi connectivity index (χ1) is 7.88. The summed E-state index contributed by atoms with van der Waals surface area (Å²) in [4.78, 5) is 0. The molecule has 1 unspecified atom stereocenters.